The first-order valence-corrected chi connectivity index (χ1v) is 6.13. The molecule has 1 N–H and O–H groups in total. The van der Waals surface area contributed by atoms with Crippen LogP contribution in [0.15, 0.2) is 18.3 Å². The van der Waals surface area contributed by atoms with Crippen molar-refractivity contribution in [3.63, 3.8) is 0 Å². The first kappa shape index (κ1) is 10.7. The Bertz CT molecular complexity index is 439. The fraction of sp³-hybridized carbons (Fsp3) is 0.538. The largest absolute Gasteiger partial charge is 0.316 e. The maximum absolute atomic E-state index is 8.82. The Hall–Kier alpha value is -1.44. The fourth-order valence-corrected chi connectivity index (χ4v) is 2.97. The predicted molar refractivity (Wildman–Crippen MR) is 64.1 cm³/mol. The molecule has 0 aromatic carbocycles. The van der Waals surface area contributed by atoms with Crippen molar-refractivity contribution < 1.29 is 0 Å². The van der Waals surface area contributed by atoms with Crippen molar-refractivity contribution in [3.05, 3.63) is 29.6 Å². The van der Waals surface area contributed by atoms with E-state index in [2.05, 4.69) is 21.3 Å². The normalized spacial score (nSPS) is 27.9. The van der Waals surface area contributed by atoms with E-state index < -0.39 is 0 Å². The molecule has 2 aliphatic heterocycles. The molecule has 3 rings (SSSR count). The molecule has 2 aliphatic rings. The second-order valence-corrected chi connectivity index (χ2v) is 5.03. The minimum atomic E-state index is 0.517. The van der Waals surface area contributed by atoms with Gasteiger partial charge in [-0.3, -0.25) is 4.90 Å². The quantitative estimate of drug-likeness (QED) is 0.805. The Morgan fingerprint density at radius 1 is 1.41 bits per heavy atom. The maximum atomic E-state index is 8.82. The predicted octanol–water partition coefficient (Wildman–Crippen LogP) is 0.604. The Kier molecular flexibility index (Phi) is 2.79. The summed E-state index contributed by atoms with van der Waals surface area (Å²) >= 11 is 0. The summed E-state index contributed by atoms with van der Waals surface area (Å²) in [5.41, 5.74) is 1.72. The summed E-state index contributed by atoms with van der Waals surface area (Å²) in [4.78, 5) is 6.49. The third-order valence-corrected chi connectivity index (χ3v) is 3.81. The Balaban J connectivity index is 1.66. The van der Waals surface area contributed by atoms with E-state index in [1.807, 2.05) is 12.1 Å². The van der Waals surface area contributed by atoms with E-state index in [9.17, 15) is 0 Å². The number of hydrogen-bond acceptors (Lipinski definition) is 4. The molecule has 0 amide bonds. The van der Waals surface area contributed by atoms with Gasteiger partial charge in [0, 0.05) is 25.8 Å². The van der Waals surface area contributed by atoms with Gasteiger partial charge in [0.1, 0.15) is 11.8 Å². The summed E-state index contributed by atoms with van der Waals surface area (Å²) < 4.78 is 0. The number of aromatic nitrogens is 1. The molecule has 0 bridgehead atoms. The number of hydrogen-bond donors (Lipinski definition) is 1. The Morgan fingerprint density at radius 3 is 2.88 bits per heavy atom. The third-order valence-electron chi connectivity index (χ3n) is 3.81. The smallest absolute Gasteiger partial charge is 0.140 e. The molecule has 17 heavy (non-hydrogen) atoms. The lowest BCUT2D eigenvalue weighted by molar-refractivity contribution is 0.305. The van der Waals surface area contributed by atoms with E-state index in [1.165, 1.54) is 31.7 Å². The molecule has 0 spiro atoms. The van der Waals surface area contributed by atoms with Crippen molar-refractivity contribution in [1.82, 2.24) is 15.2 Å². The molecular formula is C13H16N4. The van der Waals surface area contributed by atoms with E-state index in [0.29, 0.717) is 5.69 Å². The zero-order valence-electron chi connectivity index (χ0n) is 9.76. The zero-order valence-corrected chi connectivity index (χ0v) is 9.76. The summed E-state index contributed by atoms with van der Waals surface area (Å²) in [5.74, 6) is 1.65. The zero-order chi connectivity index (χ0) is 11.7. The summed E-state index contributed by atoms with van der Waals surface area (Å²) in [6, 6.07) is 5.99. The van der Waals surface area contributed by atoms with Crippen molar-refractivity contribution in [2.24, 2.45) is 11.8 Å². The number of nitriles is 1. The van der Waals surface area contributed by atoms with Crippen LogP contribution in [-0.4, -0.2) is 36.1 Å². The van der Waals surface area contributed by atoms with Crippen LogP contribution in [0.2, 0.25) is 0 Å². The van der Waals surface area contributed by atoms with Gasteiger partial charge in [0.2, 0.25) is 0 Å². The SMILES string of the molecule is N#Cc1cc(CN2CC3CNCC3C2)ccn1. The van der Waals surface area contributed by atoms with Gasteiger partial charge in [-0.05, 0) is 42.6 Å². The van der Waals surface area contributed by atoms with Crippen molar-refractivity contribution in [2.45, 2.75) is 6.54 Å². The standard InChI is InChI=1S/C13H16N4/c14-4-13-3-10(1-2-16-13)7-17-8-11-5-15-6-12(11)9-17/h1-3,11-12,15H,5-9H2. The van der Waals surface area contributed by atoms with Crippen LogP contribution in [0.25, 0.3) is 0 Å². The van der Waals surface area contributed by atoms with E-state index in [-0.39, 0.29) is 0 Å². The van der Waals surface area contributed by atoms with Gasteiger partial charge in [0.25, 0.3) is 0 Å². The summed E-state index contributed by atoms with van der Waals surface area (Å²) in [6.07, 6.45) is 1.73. The fourth-order valence-electron chi connectivity index (χ4n) is 2.97. The van der Waals surface area contributed by atoms with Crippen molar-refractivity contribution in [1.29, 1.82) is 5.26 Å². The van der Waals surface area contributed by atoms with E-state index in [4.69, 9.17) is 5.26 Å². The molecule has 4 nitrogen and oxygen atoms in total. The van der Waals surface area contributed by atoms with Crippen molar-refractivity contribution >= 4 is 0 Å². The summed E-state index contributed by atoms with van der Waals surface area (Å²) in [7, 11) is 0. The second-order valence-electron chi connectivity index (χ2n) is 5.03. The molecule has 2 fully saturated rings. The molecule has 0 saturated carbocycles. The topological polar surface area (TPSA) is 52.0 Å². The lowest BCUT2D eigenvalue weighted by atomic mass is 10.0. The number of likely N-dealkylation sites (tertiary alicyclic amines) is 1. The van der Waals surface area contributed by atoms with Gasteiger partial charge < -0.3 is 5.32 Å². The monoisotopic (exact) mass is 228 g/mol. The van der Waals surface area contributed by atoms with Crippen molar-refractivity contribution in [2.75, 3.05) is 26.2 Å². The van der Waals surface area contributed by atoms with Gasteiger partial charge in [-0.2, -0.15) is 5.26 Å². The van der Waals surface area contributed by atoms with Gasteiger partial charge in [-0.25, -0.2) is 4.98 Å². The number of rotatable bonds is 2. The van der Waals surface area contributed by atoms with Crippen LogP contribution in [0.3, 0.4) is 0 Å². The van der Waals surface area contributed by atoms with Gasteiger partial charge in [-0.1, -0.05) is 0 Å². The molecule has 2 atom stereocenters. The molecule has 0 radical (unpaired) electrons. The highest BCUT2D eigenvalue weighted by Gasteiger charge is 2.35. The van der Waals surface area contributed by atoms with Crippen LogP contribution < -0.4 is 5.32 Å². The molecule has 0 aliphatic carbocycles. The first-order chi connectivity index (χ1) is 8.35. The molecule has 1 aromatic heterocycles. The molecule has 3 heterocycles. The molecule has 2 saturated heterocycles. The molecule has 1 aromatic rings. The number of nitrogens with zero attached hydrogens (tertiary/aromatic N) is 3. The molecule has 2 unspecified atom stereocenters. The highest BCUT2D eigenvalue weighted by atomic mass is 15.2. The number of nitrogens with one attached hydrogen (secondary N) is 1. The minimum Gasteiger partial charge on any atom is -0.316 e. The van der Waals surface area contributed by atoms with Crippen molar-refractivity contribution in [3.8, 4) is 6.07 Å². The molecule has 88 valence electrons. The van der Waals surface area contributed by atoms with Crippen LogP contribution in [0.5, 0.6) is 0 Å². The van der Waals surface area contributed by atoms with E-state index in [1.54, 1.807) is 6.20 Å². The third kappa shape index (κ3) is 2.17. The minimum absolute atomic E-state index is 0.517. The van der Waals surface area contributed by atoms with Gasteiger partial charge >= 0.3 is 0 Å². The number of pyridine rings is 1. The maximum Gasteiger partial charge on any atom is 0.140 e. The average Bonchev–Trinajstić information content (AvgIpc) is 2.90. The van der Waals surface area contributed by atoms with Crippen LogP contribution >= 0.6 is 0 Å². The first-order valence-electron chi connectivity index (χ1n) is 6.13. The van der Waals surface area contributed by atoms with E-state index >= 15 is 0 Å². The Labute approximate surface area is 101 Å². The van der Waals surface area contributed by atoms with Gasteiger partial charge in [0.15, 0.2) is 0 Å². The Morgan fingerprint density at radius 2 is 2.18 bits per heavy atom. The highest BCUT2D eigenvalue weighted by Crippen LogP contribution is 2.27. The molecule has 4 heteroatoms. The van der Waals surface area contributed by atoms with Crippen LogP contribution in [0.1, 0.15) is 11.3 Å². The highest BCUT2D eigenvalue weighted by molar-refractivity contribution is 5.25. The van der Waals surface area contributed by atoms with Crippen LogP contribution in [-0.2, 0) is 6.54 Å². The van der Waals surface area contributed by atoms with Gasteiger partial charge in [-0.15, -0.1) is 0 Å². The second kappa shape index (κ2) is 4.44. The summed E-state index contributed by atoms with van der Waals surface area (Å²) in [6.45, 7) is 5.65. The van der Waals surface area contributed by atoms with Crippen LogP contribution in [0.4, 0.5) is 0 Å². The number of fused-ring (bicyclic) bond motifs is 1. The lowest BCUT2D eigenvalue weighted by Crippen LogP contribution is -2.25. The molecular weight excluding hydrogens is 212 g/mol. The average molecular weight is 228 g/mol. The van der Waals surface area contributed by atoms with Gasteiger partial charge in [0.05, 0.1) is 0 Å². The lowest BCUT2D eigenvalue weighted by Gasteiger charge is -2.16. The van der Waals surface area contributed by atoms with Crippen LogP contribution in [0, 0.1) is 23.2 Å². The van der Waals surface area contributed by atoms with E-state index in [0.717, 1.165) is 18.4 Å². The summed E-state index contributed by atoms with van der Waals surface area (Å²) in [5, 5.41) is 12.3.